The predicted octanol–water partition coefficient (Wildman–Crippen LogP) is 8.51. The number of ether oxygens (including phenoxy) is 11. The average molecular weight is 997 g/mol. The Kier molecular flexibility index (Phi) is 19.7. The molecular weight excluding hydrogens is 929 g/mol. The lowest BCUT2D eigenvalue weighted by Gasteiger charge is -2.49. The van der Waals surface area contributed by atoms with E-state index in [9.17, 15) is 10.2 Å². The zero-order valence-corrected chi connectivity index (χ0v) is 41.3. The second-order valence-corrected chi connectivity index (χ2v) is 18.7. The fourth-order valence-corrected chi connectivity index (χ4v) is 9.54. The topological polar surface area (TPSA) is 142 Å². The van der Waals surface area contributed by atoms with Gasteiger partial charge in [0.2, 0.25) is 0 Å². The number of benzene rings is 6. The van der Waals surface area contributed by atoms with E-state index >= 15 is 0 Å². The molecule has 2 N–H and O–H groups in total. The van der Waals surface area contributed by atoms with Gasteiger partial charge in [-0.25, -0.2) is 0 Å². The third-order valence-corrected chi connectivity index (χ3v) is 13.4. The quantitative estimate of drug-likeness (QED) is 0.0599. The molecule has 73 heavy (non-hydrogen) atoms. The zero-order chi connectivity index (χ0) is 50.0. The van der Waals surface area contributed by atoms with Gasteiger partial charge in [0.15, 0.2) is 12.6 Å². The van der Waals surface area contributed by atoms with E-state index in [1.54, 1.807) is 0 Å². The Bertz CT molecular complexity index is 2440. The van der Waals surface area contributed by atoms with Crippen molar-refractivity contribution in [1.82, 2.24) is 0 Å². The molecule has 9 rings (SSSR count). The van der Waals surface area contributed by atoms with E-state index in [1.165, 1.54) is 0 Å². The maximum atomic E-state index is 12.3. The van der Waals surface area contributed by atoms with Gasteiger partial charge in [0.25, 0.3) is 0 Å². The van der Waals surface area contributed by atoms with Crippen molar-refractivity contribution < 1.29 is 62.3 Å². The van der Waals surface area contributed by atoms with E-state index in [0.29, 0.717) is 26.2 Å². The molecule has 386 valence electrons. The van der Waals surface area contributed by atoms with Crippen LogP contribution in [0.5, 0.6) is 0 Å². The number of rotatable bonds is 24. The molecule has 3 saturated heterocycles. The van der Waals surface area contributed by atoms with Crippen molar-refractivity contribution in [2.75, 3.05) is 19.8 Å². The first kappa shape index (κ1) is 52.7. The summed E-state index contributed by atoms with van der Waals surface area (Å²) in [5, 5.41) is 23.1. The van der Waals surface area contributed by atoms with Gasteiger partial charge < -0.3 is 62.3 Å². The highest BCUT2D eigenvalue weighted by atomic mass is 16.8. The minimum atomic E-state index is -1.26. The van der Waals surface area contributed by atoms with Crippen LogP contribution in [-0.2, 0) is 91.7 Å². The molecule has 3 heterocycles. The summed E-state index contributed by atoms with van der Waals surface area (Å²) < 4.78 is 74.3. The summed E-state index contributed by atoms with van der Waals surface area (Å²) in [6.45, 7) is 3.46. The molecule has 0 bridgehead atoms. The molecule has 0 radical (unpaired) electrons. The molecule has 0 aliphatic carbocycles. The smallest absolute Gasteiger partial charge is 0.187 e. The molecule has 3 fully saturated rings. The lowest BCUT2D eigenvalue weighted by molar-refractivity contribution is -0.366. The molecule has 0 amide bonds. The summed E-state index contributed by atoms with van der Waals surface area (Å²) in [6.07, 6.45) is -10.9. The van der Waals surface area contributed by atoms with Crippen molar-refractivity contribution in [2.45, 2.75) is 133 Å². The lowest BCUT2D eigenvalue weighted by Crippen LogP contribution is -2.64. The van der Waals surface area contributed by atoms with Crippen LogP contribution < -0.4 is 0 Å². The van der Waals surface area contributed by atoms with Crippen molar-refractivity contribution in [3.05, 3.63) is 215 Å². The summed E-state index contributed by atoms with van der Waals surface area (Å²) in [4.78, 5) is 0. The maximum Gasteiger partial charge on any atom is 0.187 e. The van der Waals surface area contributed by atoms with Crippen molar-refractivity contribution in [1.29, 1.82) is 0 Å². The van der Waals surface area contributed by atoms with Gasteiger partial charge in [-0.15, -0.1) is 0 Å². The summed E-state index contributed by atoms with van der Waals surface area (Å²) in [6, 6.07) is 59.2. The summed E-state index contributed by atoms with van der Waals surface area (Å²) in [5.74, 6) is 0. The predicted molar refractivity (Wildman–Crippen MR) is 271 cm³/mol. The third kappa shape index (κ3) is 14.8. The van der Waals surface area contributed by atoms with E-state index in [0.717, 1.165) is 33.4 Å². The first-order valence-corrected chi connectivity index (χ1v) is 25.4. The second-order valence-electron chi connectivity index (χ2n) is 18.7. The number of hydrogen-bond donors (Lipinski definition) is 2. The molecule has 0 spiro atoms. The molecule has 13 unspecified atom stereocenters. The average Bonchev–Trinajstić information content (AvgIpc) is 3.43. The van der Waals surface area contributed by atoms with Gasteiger partial charge in [-0.05, 0) is 46.7 Å². The van der Waals surface area contributed by atoms with Gasteiger partial charge in [-0.2, -0.15) is 0 Å². The van der Waals surface area contributed by atoms with Gasteiger partial charge in [-0.1, -0.05) is 182 Å². The van der Waals surface area contributed by atoms with Crippen LogP contribution in [0, 0.1) is 0 Å². The van der Waals surface area contributed by atoms with Crippen LogP contribution in [0.15, 0.2) is 182 Å². The van der Waals surface area contributed by atoms with Crippen LogP contribution in [0.25, 0.3) is 0 Å². The van der Waals surface area contributed by atoms with Gasteiger partial charge >= 0.3 is 0 Å². The van der Waals surface area contributed by atoms with Crippen LogP contribution in [0.2, 0.25) is 0 Å². The number of aliphatic hydroxyl groups excluding tert-OH is 2. The van der Waals surface area contributed by atoms with Crippen molar-refractivity contribution in [2.24, 2.45) is 0 Å². The molecule has 3 aliphatic heterocycles. The molecule has 13 atom stereocenters. The molecule has 13 nitrogen and oxygen atoms in total. The van der Waals surface area contributed by atoms with Gasteiger partial charge in [0, 0.05) is 6.61 Å². The largest absolute Gasteiger partial charge is 0.394 e. The molecule has 6 aromatic rings. The van der Waals surface area contributed by atoms with Gasteiger partial charge in [-0.3, -0.25) is 0 Å². The fraction of sp³-hybridized carbons (Fsp3) is 0.400. The zero-order valence-electron chi connectivity index (χ0n) is 41.3. The minimum absolute atomic E-state index is 0.144. The van der Waals surface area contributed by atoms with E-state index in [1.807, 2.05) is 189 Å². The monoisotopic (exact) mass is 996 g/mol. The van der Waals surface area contributed by atoms with Crippen LogP contribution in [0.1, 0.15) is 46.7 Å². The first-order valence-electron chi connectivity index (χ1n) is 25.4. The third-order valence-electron chi connectivity index (χ3n) is 13.4. The molecule has 13 heteroatoms. The Morgan fingerprint density at radius 3 is 1.29 bits per heavy atom. The normalized spacial score (nSPS) is 28.4. The summed E-state index contributed by atoms with van der Waals surface area (Å²) >= 11 is 0. The molecule has 0 aromatic heterocycles. The Labute approximate surface area is 428 Å². The Morgan fingerprint density at radius 1 is 0.425 bits per heavy atom. The van der Waals surface area contributed by atoms with Crippen LogP contribution in [0.4, 0.5) is 0 Å². The highest BCUT2D eigenvalue weighted by Gasteiger charge is 2.53. The van der Waals surface area contributed by atoms with Crippen molar-refractivity contribution in [3.8, 4) is 0 Å². The van der Waals surface area contributed by atoms with E-state index in [4.69, 9.17) is 52.1 Å². The van der Waals surface area contributed by atoms with E-state index in [-0.39, 0.29) is 33.0 Å². The van der Waals surface area contributed by atoms with E-state index < -0.39 is 86.3 Å². The Balaban J connectivity index is 1.02. The van der Waals surface area contributed by atoms with Gasteiger partial charge in [0.05, 0.1) is 65.1 Å². The highest BCUT2D eigenvalue weighted by molar-refractivity contribution is 5.18. The standard InChI is InChI=1S/C60H68O13/c1-42-53(65-36-44-22-10-3-11-23-44)57(68-39-47-28-16-6-17-29-47)58(69-40-48-30-18-7-19-31-48)60(70-42)73-54-49(32-33-64-51(54)41-63-35-43-20-8-2-9-21-43)71-59-56(67-38-46-26-14-5-15-27-46)52(62)55(50(34-61)72-59)66-37-45-24-12-4-13-25-45/h2-31,42,49-62H,32-41H2,1H3. The van der Waals surface area contributed by atoms with Crippen molar-refractivity contribution >= 4 is 0 Å². The second kappa shape index (κ2) is 27.4. The lowest BCUT2D eigenvalue weighted by atomic mass is 9.96. The molecule has 3 aliphatic rings. The van der Waals surface area contributed by atoms with Crippen LogP contribution in [-0.4, -0.2) is 110 Å². The minimum Gasteiger partial charge on any atom is -0.394 e. The fourth-order valence-electron chi connectivity index (χ4n) is 9.54. The Morgan fingerprint density at radius 2 is 0.822 bits per heavy atom. The molecular formula is C60H68O13. The Hall–Kier alpha value is -5.20. The summed E-state index contributed by atoms with van der Waals surface area (Å²) in [7, 11) is 0. The highest BCUT2D eigenvalue weighted by Crippen LogP contribution is 2.36. The van der Waals surface area contributed by atoms with Crippen LogP contribution in [0.3, 0.4) is 0 Å². The molecule has 6 aromatic carbocycles. The van der Waals surface area contributed by atoms with Crippen molar-refractivity contribution in [3.63, 3.8) is 0 Å². The maximum absolute atomic E-state index is 12.3. The van der Waals surface area contributed by atoms with Crippen LogP contribution >= 0.6 is 0 Å². The van der Waals surface area contributed by atoms with Gasteiger partial charge in [0.1, 0.15) is 54.9 Å². The SMILES string of the molecule is CC1OC(OC2C(COCc3ccccc3)OCCC2OC2OC(CO)C(OCc3ccccc3)C(O)C2OCc2ccccc2)C(OCc2ccccc2)C(OCc2ccccc2)C1OCc1ccccc1. The number of aliphatic hydroxyl groups is 2. The van der Waals surface area contributed by atoms with E-state index in [2.05, 4.69) is 0 Å². The number of hydrogen-bond acceptors (Lipinski definition) is 13. The molecule has 0 saturated carbocycles. The summed E-state index contributed by atoms with van der Waals surface area (Å²) in [5.41, 5.74) is 5.75. The first-order chi connectivity index (χ1) is 36.0.